The van der Waals surface area contributed by atoms with Crippen molar-refractivity contribution in [1.82, 2.24) is 10.2 Å². The molecule has 28 heavy (non-hydrogen) atoms. The number of nitrogens with zero attached hydrogens (tertiary/aromatic N) is 1. The highest BCUT2D eigenvalue weighted by Crippen LogP contribution is 2.39. The molecule has 0 bridgehead atoms. The molecule has 1 amide bonds. The fourth-order valence-corrected chi connectivity index (χ4v) is 4.56. The Kier molecular flexibility index (Phi) is 6.78. The van der Waals surface area contributed by atoms with E-state index < -0.39 is 0 Å². The van der Waals surface area contributed by atoms with Gasteiger partial charge in [0.1, 0.15) is 6.04 Å². The highest BCUT2D eigenvalue weighted by atomic mass is 16.5. The van der Waals surface area contributed by atoms with Gasteiger partial charge in [-0.05, 0) is 42.9 Å². The van der Waals surface area contributed by atoms with E-state index in [1.54, 1.807) is 14.2 Å². The molecule has 1 heterocycles. The van der Waals surface area contributed by atoms with Crippen LogP contribution in [0, 0.1) is 5.92 Å². The van der Waals surface area contributed by atoms with Gasteiger partial charge in [-0.15, -0.1) is 0 Å². The predicted molar refractivity (Wildman–Crippen MR) is 104 cm³/mol. The van der Waals surface area contributed by atoms with Gasteiger partial charge in [-0.25, -0.2) is 0 Å². The third-order valence-corrected chi connectivity index (χ3v) is 5.96. The SMILES string of the molecule is COC(=O)[C@H]1C[C@@H]2CCCC[C@@H]2N1CC(=O)NCc1ccc(OC)c(OC)c1. The number of rotatable bonds is 7. The lowest BCUT2D eigenvalue weighted by molar-refractivity contribution is -0.146. The van der Waals surface area contributed by atoms with Gasteiger partial charge >= 0.3 is 5.97 Å². The van der Waals surface area contributed by atoms with Gasteiger partial charge in [-0.3, -0.25) is 14.5 Å². The minimum Gasteiger partial charge on any atom is -0.493 e. The van der Waals surface area contributed by atoms with E-state index in [0.29, 0.717) is 30.0 Å². The monoisotopic (exact) mass is 390 g/mol. The van der Waals surface area contributed by atoms with Crippen LogP contribution in [0.25, 0.3) is 0 Å². The minimum absolute atomic E-state index is 0.0880. The highest BCUT2D eigenvalue weighted by molar-refractivity contribution is 5.81. The number of carbonyl (C=O) groups is 2. The number of ether oxygens (including phenoxy) is 3. The summed E-state index contributed by atoms with van der Waals surface area (Å²) in [5.41, 5.74) is 0.924. The molecule has 154 valence electrons. The number of fused-ring (bicyclic) bond motifs is 1. The Morgan fingerprint density at radius 3 is 2.57 bits per heavy atom. The lowest BCUT2D eigenvalue weighted by atomic mass is 9.85. The number of nitrogens with one attached hydrogen (secondary N) is 1. The Morgan fingerprint density at radius 2 is 1.86 bits per heavy atom. The zero-order valence-electron chi connectivity index (χ0n) is 16.9. The molecule has 1 saturated heterocycles. The van der Waals surface area contributed by atoms with Crippen LogP contribution in [0.15, 0.2) is 18.2 Å². The molecule has 1 aromatic rings. The van der Waals surface area contributed by atoms with Crippen LogP contribution in [-0.4, -0.2) is 56.7 Å². The van der Waals surface area contributed by atoms with E-state index in [4.69, 9.17) is 14.2 Å². The number of hydrogen-bond donors (Lipinski definition) is 1. The normalized spacial score (nSPS) is 24.3. The van der Waals surface area contributed by atoms with Crippen molar-refractivity contribution in [2.45, 2.75) is 50.7 Å². The third kappa shape index (κ3) is 4.41. The molecule has 1 N–H and O–H groups in total. The number of carbonyl (C=O) groups excluding carboxylic acids is 2. The first-order chi connectivity index (χ1) is 13.6. The van der Waals surface area contributed by atoms with Crippen molar-refractivity contribution in [2.24, 2.45) is 5.92 Å². The van der Waals surface area contributed by atoms with E-state index in [-0.39, 0.29) is 24.5 Å². The lowest BCUT2D eigenvalue weighted by Crippen LogP contribution is -2.47. The summed E-state index contributed by atoms with van der Waals surface area (Å²) in [5, 5.41) is 2.96. The summed E-state index contributed by atoms with van der Waals surface area (Å²) in [5.74, 6) is 1.44. The van der Waals surface area contributed by atoms with Crippen molar-refractivity contribution in [2.75, 3.05) is 27.9 Å². The number of benzene rings is 1. The lowest BCUT2D eigenvalue weighted by Gasteiger charge is -2.32. The zero-order valence-corrected chi connectivity index (χ0v) is 16.9. The molecule has 1 saturated carbocycles. The first kappa shape index (κ1) is 20.5. The Morgan fingerprint density at radius 1 is 1.11 bits per heavy atom. The molecule has 0 aromatic heterocycles. The largest absolute Gasteiger partial charge is 0.493 e. The average Bonchev–Trinajstić information content (AvgIpc) is 3.09. The molecule has 1 aromatic carbocycles. The topological polar surface area (TPSA) is 77.1 Å². The van der Waals surface area contributed by atoms with Crippen molar-refractivity contribution in [3.63, 3.8) is 0 Å². The molecular formula is C21H30N2O5. The zero-order chi connectivity index (χ0) is 20.1. The number of likely N-dealkylation sites (tertiary alicyclic amines) is 1. The molecule has 3 rings (SSSR count). The Balaban J connectivity index is 1.61. The summed E-state index contributed by atoms with van der Waals surface area (Å²) in [6.45, 7) is 0.609. The van der Waals surface area contributed by atoms with Gasteiger partial charge < -0.3 is 19.5 Å². The standard InChI is InChI=1S/C21H30N2O5/c1-26-18-9-8-14(10-19(18)27-2)12-22-20(24)13-23-16-7-5-4-6-15(16)11-17(23)21(25)28-3/h8-10,15-17H,4-7,11-13H2,1-3H3,(H,22,24)/t15-,16-,17+/m0/s1. The van der Waals surface area contributed by atoms with Crippen molar-refractivity contribution in [3.05, 3.63) is 23.8 Å². The Labute approximate surface area is 166 Å². The number of esters is 1. The van der Waals surface area contributed by atoms with Crippen LogP contribution in [0.3, 0.4) is 0 Å². The Bertz CT molecular complexity index is 708. The molecule has 7 heteroatoms. The number of hydrogen-bond acceptors (Lipinski definition) is 6. The molecule has 3 atom stereocenters. The van der Waals surface area contributed by atoms with Gasteiger partial charge in [-0.2, -0.15) is 0 Å². The molecule has 0 spiro atoms. The highest BCUT2D eigenvalue weighted by Gasteiger charge is 2.46. The van der Waals surface area contributed by atoms with E-state index in [2.05, 4.69) is 10.2 Å². The molecule has 0 unspecified atom stereocenters. The second kappa shape index (κ2) is 9.28. The maximum atomic E-state index is 12.6. The molecule has 2 aliphatic rings. The van der Waals surface area contributed by atoms with Crippen molar-refractivity contribution in [3.8, 4) is 11.5 Å². The summed E-state index contributed by atoms with van der Waals surface area (Å²) >= 11 is 0. The summed E-state index contributed by atoms with van der Waals surface area (Å²) in [7, 11) is 4.59. The van der Waals surface area contributed by atoms with Gasteiger partial charge in [-0.1, -0.05) is 18.9 Å². The van der Waals surface area contributed by atoms with Crippen LogP contribution in [0.2, 0.25) is 0 Å². The van der Waals surface area contributed by atoms with Gasteiger partial charge in [0.25, 0.3) is 0 Å². The first-order valence-corrected chi connectivity index (χ1v) is 9.88. The van der Waals surface area contributed by atoms with Crippen molar-refractivity contribution in [1.29, 1.82) is 0 Å². The quantitative estimate of drug-likeness (QED) is 0.719. The fraction of sp³-hybridized carbons (Fsp3) is 0.619. The second-order valence-corrected chi connectivity index (χ2v) is 7.52. The van der Waals surface area contributed by atoms with Crippen LogP contribution in [0.5, 0.6) is 11.5 Å². The van der Waals surface area contributed by atoms with E-state index in [9.17, 15) is 9.59 Å². The van der Waals surface area contributed by atoms with Crippen LogP contribution in [-0.2, 0) is 20.9 Å². The fourth-order valence-electron chi connectivity index (χ4n) is 4.56. The number of methoxy groups -OCH3 is 3. The van der Waals surface area contributed by atoms with Crippen LogP contribution >= 0.6 is 0 Å². The van der Waals surface area contributed by atoms with Crippen LogP contribution < -0.4 is 14.8 Å². The van der Waals surface area contributed by atoms with E-state index in [1.807, 2.05) is 18.2 Å². The van der Waals surface area contributed by atoms with E-state index >= 15 is 0 Å². The molecule has 1 aliphatic heterocycles. The number of amides is 1. The molecule has 1 aliphatic carbocycles. The maximum absolute atomic E-state index is 12.6. The van der Waals surface area contributed by atoms with Gasteiger partial charge in [0.2, 0.25) is 5.91 Å². The summed E-state index contributed by atoms with van der Waals surface area (Å²) in [6.07, 6.45) is 5.32. The summed E-state index contributed by atoms with van der Waals surface area (Å²) in [4.78, 5) is 26.9. The summed E-state index contributed by atoms with van der Waals surface area (Å²) < 4.78 is 15.5. The summed E-state index contributed by atoms with van der Waals surface area (Å²) in [6, 6.07) is 5.55. The third-order valence-electron chi connectivity index (χ3n) is 5.96. The van der Waals surface area contributed by atoms with Gasteiger partial charge in [0.05, 0.1) is 27.9 Å². The molecule has 7 nitrogen and oxygen atoms in total. The van der Waals surface area contributed by atoms with Crippen molar-refractivity contribution < 1.29 is 23.8 Å². The predicted octanol–water partition coefficient (Wildman–Crippen LogP) is 2.13. The van der Waals surface area contributed by atoms with Gasteiger partial charge in [0.15, 0.2) is 11.5 Å². The first-order valence-electron chi connectivity index (χ1n) is 9.88. The second-order valence-electron chi connectivity index (χ2n) is 7.52. The minimum atomic E-state index is -0.315. The average molecular weight is 390 g/mol. The molecular weight excluding hydrogens is 360 g/mol. The van der Waals surface area contributed by atoms with Crippen molar-refractivity contribution >= 4 is 11.9 Å². The Hall–Kier alpha value is -2.28. The van der Waals surface area contributed by atoms with E-state index in [0.717, 1.165) is 31.2 Å². The molecule has 2 fully saturated rings. The van der Waals surface area contributed by atoms with Crippen LogP contribution in [0.1, 0.15) is 37.7 Å². The smallest absolute Gasteiger partial charge is 0.323 e. The van der Waals surface area contributed by atoms with Gasteiger partial charge in [0, 0.05) is 12.6 Å². The maximum Gasteiger partial charge on any atom is 0.323 e. The van der Waals surface area contributed by atoms with E-state index in [1.165, 1.54) is 13.5 Å². The van der Waals surface area contributed by atoms with Crippen LogP contribution in [0.4, 0.5) is 0 Å². The molecule has 0 radical (unpaired) electrons.